The monoisotopic (exact) mass is 291 g/mol. The Labute approximate surface area is 124 Å². The number of ether oxygens (including phenoxy) is 1. The fourth-order valence-electron chi connectivity index (χ4n) is 1.80. The van der Waals surface area contributed by atoms with Gasteiger partial charge in [0.1, 0.15) is 6.61 Å². The van der Waals surface area contributed by atoms with E-state index < -0.39 is 0 Å². The highest BCUT2D eigenvalue weighted by Crippen LogP contribution is 2.08. The molecule has 5 nitrogen and oxygen atoms in total. The number of unbranched alkanes of at least 4 members (excludes halogenated alkanes) is 7. The number of hydrogen-bond acceptors (Lipinski definition) is 5. The van der Waals surface area contributed by atoms with Crippen LogP contribution in [0.25, 0.3) is 0 Å². The van der Waals surface area contributed by atoms with Gasteiger partial charge in [0.2, 0.25) is 0 Å². The Balaban J connectivity index is 3.02. The van der Waals surface area contributed by atoms with E-state index in [4.69, 9.17) is 20.2 Å². The van der Waals surface area contributed by atoms with Crippen LogP contribution in [0.4, 0.5) is 0 Å². The zero-order chi connectivity index (χ0) is 14.9. The summed E-state index contributed by atoms with van der Waals surface area (Å²) >= 11 is 0. The van der Waals surface area contributed by atoms with E-state index in [2.05, 4.69) is 12.0 Å². The summed E-state index contributed by atoms with van der Waals surface area (Å²) in [7, 11) is 0. The van der Waals surface area contributed by atoms with Crippen molar-refractivity contribution in [2.45, 2.75) is 71.3 Å². The van der Waals surface area contributed by atoms with Crippen molar-refractivity contribution in [2.75, 3.05) is 26.4 Å². The SMILES string of the molecule is CCCCCCCCCCOOOCC(C)OCCN. The second kappa shape index (κ2) is 16.9. The van der Waals surface area contributed by atoms with Gasteiger partial charge in [-0.2, -0.15) is 0 Å². The van der Waals surface area contributed by atoms with Crippen molar-refractivity contribution in [3.8, 4) is 0 Å². The highest BCUT2D eigenvalue weighted by atomic mass is 17.5. The fourth-order valence-corrected chi connectivity index (χ4v) is 1.80. The van der Waals surface area contributed by atoms with E-state index in [-0.39, 0.29) is 6.10 Å². The molecule has 0 radical (unpaired) electrons. The number of hydrogen-bond donors (Lipinski definition) is 1. The Morgan fingerprint density at radius 1 is 0.850 bits per heavy atom. The first-order chi connectivity index (χ1) is 9.81. The van der Waals surface area contributed by atoms with Crippen molar-refractivity contribution in [1.82, 2.24) is 0 Å². The summed E-state index contributed by atoms with van der Waals surface area (Å²) in [5.74, 6) is 0. The van der Waals surface area contributed by atoms with Gasteiger partial charge in [0.05, 0.1) is 19.3 Å². The van der Waals surface area contributed by atoms with Crippen molar-refractivity contribution < 1.29 is 19.6 Å². The molecule has 0 aliphatic carbocycles. The third kappa shape index (κ3) is 15.9. The van der Waals surface area contributed by atoms with Gasteiger partial charge in [-0.25, -0.2) is 9.78 Å². The Morgan fingerprint density at radius 3 is 2.15 bits per heavy atom. The van der Waals surface area contributed by atoms with Crippen LogP contribution in [0.1, 0.15) is 65.2 Å². The molecule has 0 fully saturated rings. The maximum atomic E-state index is 5.32. The Morgan fingerprint density at radius 2 is 1.50 bits per heavy atom. The molecule has 122 valence electrons. The van der Waals surface area contributed by atoms with Crippen LogP contribution in [0.5, 0.6) is 0 Å². The van der Waals surface area contributed by atoms with Crippen LogP contribution in [-0.4, -0.2) is 32.5 Å². The largest absolute Gasteiger partial charge is 0.375 e. The standard InChI is InChI=1S/C15H33NO4/c1-3-4-5-6-7-8-9-10-12-18-20-19-14-15(2)17-13-11-16/h15H,3-14,16H2,1-2H3. The Hall–Kier alpha value is -0.200. The molecule has 0 heterocycles. The zero-order valence-corrected chi connectivity index (χ0v) is 13.3. The van der Waals surface area contributed by atoms with Gasteiger partial charge in [-0.3, -0.25) is 0 Å². The maximum Gasteiger partial charge on any atom is 0.111 e. The van der Waals surface area contributed by atoms with E-state index in [1.165, 1.54) is 44.9 Å². The zero-order valence-electron chi connectivity index (χ0n) is 13.3. The summed E-state index contributed by atoms with van der Waals surface area (Å²) in [6.07, 6.45) is 10.2. The Bertz CT molecular complexity index is 181. The van der Waals surface area contributed by atoms with E-state index in [9.17, 15) is 0 Å². The molecule has 2 N–H and O–H groups in total. The van der Waals surface area contributed by atoms with Gasteiger partial charge in [0, 0.05) is 6.54 Å². The molecule has 1 unspecified atom stereocenters. The molecule has 0 saturated heterocycles. The average Bonchev–Trinajstić information content (AvgIpc) is 2.46. The van der Waals surface area contributed by atoms with Crippen LogP contribution < -0.4 is 5.73 Å². The lowest BCUT2D eigenvalue weighted by molar-refractivity contribution is -0.515. The van der Waals surface area contributed by atoms with Gasteiger partial charge < -0.3 is 10.5 Å². The molecule has 0 saturated carbocycles. The van der Waals surface area contributed by atoms with E-state index in [0.29, 0.717) is 26.4 Å². The lowest BCUT2D eigenvalue weighted by atomic mass is 10.1. The van der Waals surface area contributed by atoms with Crippen molar-refractivity contribution in [3.05, 3.63) is 0 Å². The van der Waals surface area contributed by atoms with E-state index in [1.807, 2.05) is 6.92 Å². The molecule has 0 aliphatic heterocycles. The molecule has 0 spiro atoms. The van der Waals surface area contributed by atoms with E-state index in [0.717, 1.165) is 6.42 Å². The first kappa shape index (κ1) is 19.8. The average molecular weight is 291 g/mol. The van der Waals surface area contributed by atoms with E-state index in [1.54, 1.807) is 0 Å². The molecule has 0 aromatic heterocycles. The van der Waals surface area contributed by atoms with Crippen LogP contribution in [0.3, 0.4) is 0 Å². The topological polar surface area (TPSA) is 62.9 Å². The molecule has 0 bridgehead atoms. The summed E-state index contributed by atoms with van der Waals surface area (Å²) in [5.41, 5.74) is 5.32. The van der Waals surface area contributed by atoms with Gasteiger partial charge in [-0.1, -0.05) is 56.9 Å². The molecule has 20 heavy (non-hydrogen) atoms. The number of rotatable bonds is 16. The van der Waals surface area contributed by atoms with Gasteiger partial charge in [0.25, 0.3) is 0 Å². The van der Waals surface area contributed by atoms with Crippen molar-refractivity contribution >= 4 is 0 Å². The van der Waals surface area contributed by atoms with Crippen molar-refractivity contribution in [1.29, 1.82) is 0 Å². The summed E-state index contributed by atoms with van der Waals surface area (Å²) in [4.78, 5) is 9.81. The summed E-state index contributed by atoms with van der Waals surface area (Å²) in [5, 5.41) is 4.63. The first-order valence-electron chi connectivity index (χ1n) is 8.04. The third-order valence-corrected chi connectivity index (χ3v) is 3.00. The van der Waals surface area contributed by atoms with Gasteiger partial charge in [0.15, 0.2) is 0 Å². The van der Waals surface area contributed by atoms with Crippen molar-refractivity contribution in [3.63, 3.8) is 0 Å². The molecule has 0 rings (SSSR count). The highest BCUT2D eigenvalue weighted by Gasteiger charge is 2.02. The molecule has 0 aromatic rings. The number of nitrogens with two attached hydrogens (primary N) is 1. The summed E-state index contributed by atoms with van der Waals surface area (Å²) in [6, 6.07) is 0. The Kier molecular flexibility index (Phi) is 16.7. The lowest BCUT2D eigenvalue weighted by Crippen LogP contribution is -2.20. The summed E-state index contributed by atoms with van der Waals surface area (Å²) < 4.78 is 5.31. The van der Waals surface area contributed by atoms with Gasteiger partial charge in [-0.05, 0) is 13.3 Å². The molecule has 5 heteroatoms. The quantitative estimate of drug-likeness (QED) is 0.268. The second-order valence-electron chi connectivity index (χ2n) is 5.12. The second-order valence-corrected chi connectivity index (χ2v) is 5.12. The molecule has 0 amide bonds. The predicted molar refractivity (Wildman–Crippen MR) is 80.1 cm³/mol. The fraction of sp³-hybridized carbons (Fsp3) is 1.00. The molecule has 0 aliphatic rings. The minimum Gasteiger partial charge on any atom is -0.375 e. The molecular weight excluding hydrogens is 258 g/mol. The van der Waals surface area contributed by atoms with Gasteiger partial charge in [-0.15, -0.1) is 0 Å². The van der Waals surface area contributed by atoms with Crippen LogP contribution in [0, 0.1) is 0 Å². The normalized spacial score (nSPS) is 12.8. The first-order valence-corrected chi connectivity index (χ1v) is 8.04. The van der Waals surface area contributed by atoms with Crippen molar-refractivity contribution in [2.24, 2.45) is 5.73 Å². The smallest absolute Gasteiger partial charge is 0.111 e. The lowest BCUT2D eigenvalue weighted by Gasteiger charge is -2.11. The predicted octanol–water partition coefficient (Wildman–Crippen LogP) is 3.37. The van der Waals surface area contributed by atoms with Crippen LogP contribution in [-0.2, 0) is 19.6 Å². The minimum absolute atomic E-state index is 0.0368. The van der Waals surface area contributed by atoms with Crippen LogP contribution in [0.15, 0.2) is 0 Å². The maximum absolute atomic E-state index is 5.32. The molecule has 0 aromatic carbocycles. The minimum atomic E-state index is -0.0368. The van der Waals surface area contributed by atoms with Crippen LogP contribution >= 0.6 is 0 Å². The summed E-state index contributed by atoms with van der Waals surface area (Å²) in [6.45, 7) is 6.11. The molecule has 1 atom stereocenters. The van der Waals surface area contributed by atoms with Crippen LogP contribution in [0.2, 0.25) is 0 Å². The van der Waals surface area contributed by atoms with Gasteiger partial charge >= 0.3 is 0 Å². The van der Waals surface area contributed by atoms with E-state index >= 15 is 0 Å². The highest BCUT2D eigenvalue weighted by molar-refractivity contribution is 4.46. The molecular formula is C15H33NO4. The third-order valence-electron chi connectivity index (χ3n) is 3.00.